The number of hydrogen-bond acceptors (Lipinski definition) is 5. The van der Waals surface area contributed by atoms with E-state index >= 15 is 0 Å². The highest BCUT2D eigenvalue weighted by Gasteiger charge is 2.26. The van der Waals surface area contributed by atoms with E-state index in [0.717, 1.165) is 5.56 Å². The maximum absolute atomic E-state index is 12.3. The topological polar surface area (TPSA) is 93.7 Å². The molecule has 1 heterocycles. The molecule has 128 valence electrons. The molecule has 1 aromatic carbocycles. The lowest BCUT2D eigenvalue weighted by molar-refractivity contribution is -0.123. The maximum Gasteiger partial charge on any atom is 0.238 e. The van der Waals surface area contributed by atoms with Crippen LogP contribution in [0, 0.1) is 5.92 Å². The fourth-order valence-electron chi connectivity index (χ4n) is 2.12. The fraction of sp³-hybridized carbons (Fsp3) is 0.533. The van der Waals surface area contributed by atoms with Gasteiger partial charge in [-0.25, -0.2) is 13.1 Å². The minimum atomic E-state index is -3.45. The first kappa shape index (κ1) is 17.6. The number of rotatable bonds is 7. The van der Waals surface area contributed by atoms with Crippen molar-refractivity contribution in [2.45, 2.75) is 33.4 Å². The summed E-state index contributed by atoms with van der Waals surface area (Å²) in [4.78, 5) is 12.3. The summed E-state index contributed by atoms with van der Waals surface area (Å²) < 4.78 is 36.3. The van der Waals surface area contributed by atoms with Crippen molar-refractivity contribution in [3.8, 4) is 11.5 Å². The lowest BCUT2D eigenvalue weighted by atomic mass is 10.0. The first-order valence-electron chi connectivity index (χ1n) is 7.48. The zero-order valence-electron chi connectivity index (χ0n) is 13.5. The van der Waals surface area contributed by atoms with Gasteiger partial charge in [0.05, 0.1) is 5.75 Å². The van der Waals surface area contributed by atoms with E-state index in [2.05, 4.69) is 10.0 Å². The second kappa shape index (κ2) is 7.18. The van der Waals surface area contributed by atoms with Gasteiger partial charge in [0.25, 0.3) is 0 Å². The summed E-state index contributed by atoms with van der Waals surface area (Å²) in [5.41, 5.74) is 0.850. The predicted octanol–water partition coefficient (Wildman–Crippen LogP) is 0.995. The Morgan fingerprint density at radius 2 is 1.96 bits per heavy atom. The van der Waals surface area contributed by atoms with E-state index in [1.807, 2.05) is 6.07 Å². The molecular weight excluding hydrogens is 320 g/mol. The molecule has 0 aliphatic carbocycles. The molecule has 1 atom stereocenters. The van der Waals surface area contributed by atoms with Crippen molar-refractivity contribution in [1.82, 2.24) is 10.0 Å². The first-order chi connectivity index (χ1) is 10.8. The number of benzene rings is 1. The number of carbonyl (C=O) groups is 1. The van der Waals surface area contributed by atoms with Crippen molar-refractivity contribution in [1.29, 1.82) is 0 Å². The number of nitrogens with one attached hydrogen (secondary N) is 2. The van der Waals surface area contributed by atoms with Gasteiger partial charge in [-0.2, -0.15) is 0 Å². The first-order valence-corrected chi connectivity index (χ1v) is 9.14. The predicted molar refractivity (Wildman–Crippen MR) is 85.6 cm³/mol. The minimum absolute atomic E-state index is 0.0638. The van der Waals surface area contributed by atoms with Gasteiger partial charge >= 0.3 is 0 Å². The zero-order chi connectivity index (χ0) is 17.0. The smallest absolute Gasteiger partial charge is 0.238 e. The number of sulfonamides is 1. The van der Waals surface area contributed by atoms with E-state index in [0.29, 0.717) is 11.5 Å². The Morgan fingerprint density at radius 1 is 1.26 bits per heavy atom. The Labute approximate surface area is 136 Å². The van der Waals surface area contributed by atoms with Crippen LogP contribution >= 0.6 is 0 Å². The zero-order valence-corrected chi connectivity index (χ0v) is 14.3. The van der Waals surface area contributed by atoms with Gasteiger partial charge in [0.1, 0.15) is 6.04 Å². The molecule has 8 heteroatoms. The quantitative estimate of drug-likeness (QED) is 0.771. The number of carbonyl (C=O) groups excluding carboxylic acids is 1. The molecule has 1 aromatic rings. The molecule has 0 saturated carbocycles. The number of ether oxygens (including phenoxy) is 2. The molecule has 2 N–H and O–H groups in total. The third-order valence-electron chi connectivity index (χ3n) is 3.54. The Kier molecular flexibility index (Phi) is 5.48. The molecule has 1 aliphatic rings. The van der Waals surface area contributed by atoms with Gasteiger partial charge in [-0.3, -0.25) is 4.79 Å². The van der Waals surface area contributed by atoms with Crippen LogP contribution in [0.25, 0.3) is 0 Å². The summed E-state index contributed by atoms with van der Waals surface area (Å²) in [5, 5.41) is 2.76. The van der Waals surface area contributed by atoms with Crippen molar-refractivity contribution in [3.05, 3.63) is 23.8 Å². The lowest BCUT2D eigenvalue weighted by Crippen LogP contribution is -2.49. The summed E-state index contributed by atoms with van der Waals surface area (Å²) in [6.45, 7) is 5.60. The molecule has 1 aliphatic heterocycles. The summed E-state index contributed by atoms with van der Waals surface area (Å²) in [5.74, 6) is 0.744. The van der Waals surface area contributed by atoms with Crippen LogP contribution in [-0.2, 0) is 21.4 Å². The molecule has 1 amide bonds. The molecule has 23 heavy (non-hydrogen) atoms. The molecule has 7 nitrogen and oxygen atoms in total. The minimum Gasteiger partial charge on any atom is -0.454 e. The third-order valence-corrected chi connectivity index (χ3v) is 4.91. The third kappa shape index (κ3) is 4.59. The molecule has 0 radical (unpaired) electrons. The van der Waals surface area contributed by atoms with E-state index in [1.165, 1.54) is 6.92 Å². The second-order valence-electron chi connectivity index (χ2n) is 5.65. The van der Waals surface area contributed by atoms with Crippen molar-refractivity contribution in [2.24, 2.45) is 5.92 Å². The van der Waals surface area contributed by atoms with Gasteiger partial charge in [-0.1, -0.05) is 19.9 Å². The highest BCUT2D eigenvalue weighted by Crippen LogP contribution is 2.32. The number of amides is 1. The van der Waals surface area contributed by atoms with Crippen molar-refractivity contribution in [3.63, 3.8) is 0 Å². The second-order valence-corrected chi connectivity index (χ2v) is 7.69. The largest absolute Gasteiger partial charge is 0.454 e. The molecule has 0 aromatic heterocycles. The molecule has 0 bridgehead atoms. The fourth-order valence-corrected chi connectivity index (χ4v) is 3.05. The van der Waals surface area contributed by atoms with E-state index in [9.17, 15) is 13.2 Å². The van der Waals surface area contributed by atoms with Crippen LogP contribution in [0.5, 0.6) is 11.5 Å². The normalized spacial score (nSPS) is 14.8. The van der Waals surface area contributed by atoms with Crippen molar-refractivity contribution in [2.75, 3.05) is 12.5 Å². The van der Waals surface area contributed by atoms with Crippen LogP contribution in [0.4, 0.5) is 0 Å². The number of fused-ring (bicyclic) bond motifs is 1. The van der Waals surface area contributed by atoms with Gasteiger partial charge in [-0.15, -0.1) is 0 Å². The average molecular weight is 342 g/mol. The van der Waals surface area contributed by atoms with Gasteiger partial charge in [0, 0.05) is 6.54 Å². The van der Waals surface area contributed by atoms with E-state index < -0.39 is 16.1 Å². The summed E-state index contributed by atoms with van der Waals surface area (Å²) in [7, 11) is -3.45. The highest BCUT2D eigenvalue weighted by atomic mass is 32.2. The molecular formula is C15H22N2O5S. The van der Waals surface area contributed by atoms with E-state index in [4.69, 9.17) is 9.47 Å². The Balaban J connectivity index is 1.99. The van der Waals surface area contributed by atoms with Gasteiger partial charge in [0.15, 0.2) is 11.5 Å². The highest BCUT2D eigenvalue weighted by molar-refractivity contribution is 7.89. The molecule has 0 fully saturated rings. The van der Waals surface area contributed by atoms with Crippen LogP contribution in [-0.4, -0.2) is 32.9 Å². The van der Waals surface area contributed by atoms with Crippen LogP contribution < -0.4 is 19.5 Å². The van der Waals surface area contributed by atoms with Crippen LogP contribution in [0.3, 0.4) is 0 Å². The Hall–Kier alpha value is -1.80. The molecule has 0 spiro atoms. The Bertz CT molecular complexity index is 672. The summed E-state index contributed by atoms with van der Waals surface area (Å²) in [6, 6.07) is 4.61. The van der Waals surface area contributed by atoms with E-state index in [1.54, 1.807) is 26.0 Å². The lowest BCUT2D eigenvalue weighted by Gasteiger charge is -2.21. The van der Waals surface area contributed by atoms with E-state index in [-0.39, 0.29) is 30.9 Å². The maximum atomic E-state index is 12.3. The van der Waals surface area contributed by atoms with Crippen molar-refractivity contribution < 1.29 is 22.7 Å². The van der Waals surface area contributed by atoms with Gasteiger partial charge in [-0.05, 0) is 30.5 Å². The molecule has 2 rings (SSSR count). The monoisotopic (exact) mass is 342 g/mol. The molecule has 0 unspecified atom stereocenters. The number of hydrogen-bond donors (Lipinski definition) is 2. The van der Waals surface area contributed by atoms with Crippen LogP contribution in [0.2, 0.25) is 0 Å². The van der Waals surface area contributed by atoms with Gasteiger partial charge < -0.3 is 14.8 Å². The Morgan fingerprint density at radius 3 is 2.61 bits per heavy atom. The van der Waals surface area contributed by atoms with Crippen LogP contribution in [0.15, 0.2) is 18.2 Å². The summed E-state index contributed by atoms with van der Waals surface area (Å²) in [6.07, 6.45) is 0. The van der Waals surface area contributed by atoms with Crippen molar-refractivity contribution >= 4 is 15.9 Å². The SMILES string of the molecule is CCS(=O)(=O)N[C@@H](C(=O)NCc1ccc2c(c1)OCO2)C(C)C. The standard InChI is InChI=1S/C15H22N2O5S/c1-4-23(19,20)17-14(10(2)3)15(18)16-8-11-5-6-12-13(7-11)22-9-21-12/h5-7,10,14,17H,4,8-9H2,1-3H3,(H,16,18)/t14-/m1/s1. The molecule has 0 saturated heterocycles. The summed E-state index contributed by atoms with van der Waals surface area (Å²) >= 11 is 0. The average Bonchev–Trinajstić information content (AvgIpc) is 2.97. The van der Waals surface area contributed by atoms with Crippen LogP contribution in [0.1, 0.15) is 26.3 Å². The van der Waals surface area contributed by atoms with Gasteiger partial charge in [0.2, 0.25) is 22.7 Å².